The fourth-order valence-corrected chi connectivity index (χ4v) is 3.82. The Balaban J connectivity index is 1.69. The summed E-state index contributed by atoms with van der Waals surface area (Å²) < 4.78 is 7.25. The molecule has 0 spiro atoms. The van der Waals surface area contributed by atoms with Crippen molar-refractivity contribution in [3.63, 3.8) is 0 Å². The molecule has 0 bridgehead atoms. The highest BCUT2D eigenvalue weighted by Crippen LogP contribution is 2.30. The van der Waals surface area contributed by atoms with Crippen LogP contribution >= 0.6 is 0 Å². The molecule has 33 heavy (non-hydrogen) atoms. The van der Waals surface area contributed by atoms with Gasteiger partial charge in [0, 0.05) is 18.5 Å². The van der Waals surface area contributed by atoms with Gasteiger partial charge in [0.2, 0.25) is 5.82 Å². The van der Waals surface area contributed by atoms with Crippen LogP contribution in [0.5, 0.6) is 0 Å². The van der Waals surface area contributed by atoms with Crippen molar-refractivity contribution in [1.29, 1.82) is 0 Å². The molecular weight excluding hydrogens is 416 g/mol. The monoisotopic (exact) mass is 442 g/mol. The van der Waals surface area contributed by atoms with E-state index in [1.54, 1.807) is 6.92 Å². The van der Waals surface area contributed by atoms with Gasteiger partial charge < -0.3 is 9.30 Å². The van der Waals surface area contributed by atoms with Gasteiger partial charge in [0.15, 0.2) is 5.69 Å². The average molecular weight is 443 g/mol. The van der Waals surface area contributed by atoms with Crippen LogP contribution in [0.3, 0.4) is 0 Å². The summed E-state index contributed by atoms with van der Waals surface area (Å²) in [4.78, 5) is 17.4. The molecule has 8 nitrogen and oxygen atoms in total. The van der Waals surface area contributed by atoms with E-state index >= 15 is 0 Å². The van der Waals surface area contributed by atoms with E-state index in [1.165, 1.54) is 0 Å². The molecule has 2 aromatic carbocycles. The lowest BCUT2D eigenvalue weighted by Gasteiger charge is -2.13. The Labute approximate surface area is 192 Å². The van der Waals surface area contributed by atoms with E-state index in [9.17, 15) is 4.79 Å². The van der Waals surface area contributed by atoms with Crippen molar-refractivity contribution in [1.82, 2.24) is 30.2 Å². The first kappa shape index (κ1) is 22.1. The van der Waals surface area contributed by atoms with E-state index in [4.69, 9.17) is 4.74 Å². The number of H-pyrrole nitrogens is 1. The molecule has 4 rings (SSSR count). The Morgan fingerprint density at radius 1 is 1.09 bits per heavy atom. The summed E-state index contributed by atoms with van der Waals surface area (Å²) in [7, 11) is 0. The molecule has 0 saturated heterocycles. The molecular formula is C25H26N6O2. The number of carbonyl (C=O) groups excluding carboxylic acids is 1. The largest absolute Gasteiger partial charge is 0.461 e. The number of benzene rings is 2. The maximum atomic E-state index is 12.8. The molecule has 8 heteroatoms. The van der Waals surface area contributed by atoms with Crippen LogP contribution in [-0.2, 0) is 17.7 Å². The topological polar surface area (TPSA) is 98.6 Å². The van der Waals surface area contributed by atoms with Crippen LogP contribution in [0.1, 0.15) is 48.3 Å². The number of aromatic amines is 1. The van der Waals surface area contributed by atoms with E-state index in [0.717, 1.165) is 33.7 Å². The van der Waals surface area contributed by atoms with Gasteiger partial charge in [0.25, 0.3) is 0 Å². The van der Waals surface area contributed by atoms with Gasteiger partial charge in [-0.15, -0.1) is 10.2 Å². The van der Waals surface area contributed by atoms with Crippen molar-refractivity contribution in [3.05, 3.63) is 77.9 Å². The van der Waals surface area contributed by atoms with E-state index in [1.807, 2.05) is 42.7 Å². The van der Waals surface area contributed by atoms with Crippen LogP contribution < -0.4 is 0 Å². The molecule has 0 radical (unpaired) electrons. The fraction of sp³-hybridized carbons (Fsp3) is 0.240. The molecule has 168 valence electrons. The molecule has 0 aliphatic rings. The summed E-state index contributed by atoms with van der Waals surface area (Å²) in [5, 5.41) is 14.4. The number of hydrogen-bond donors (Lipinski definition) is 1. The first-order valence-electron chi connectivity index (χ1n) is 10.9. The second-order valence-corrected chi connectivity index (χ2v) is 7.64. The summed E-state index contributed by atoms with van der Waals surface area (Å²) in [6.07, 6.45) is 0.690. The van der Waals surface area contributed by atoms with Crippen molar-refractivity contribution >= 4 is 11.5 Å². The van der Waals surface area contributed by atoms with Crippen LogP contribution in [0, 0.1) is 0 Å². The molecule has 0 saturated carbocycles. The van der Waals surface area contributed by atoms with E-state index in [-0.39, 0.29) is 5.97 Å². The number of allylic oxidation sites excluding steroid dienone is 1. The van der Waals surface area contributed by atoms with Crippen LogP contribution in [0.4, 0.5) is 0 Å². The highest BCUT2D eigenvalue weighted by atomic mass is 16.5. The maximum absolute atomic E-state index is 12.8. The van der Waals surface area contributed by atoms with Crippen LogP contribution in [-0.4, -0.2) is 42.8 Å². The number of esters is 1. The lowest BCUT2D eigenvalue weighted by Crippen LogP contribution is -2.16. The predicted octanol–water partition coefficient (Wildman–Crippen LogP) is 4.55. The van der Waals surface area contributed by atoms with Crippen LogP contribution in [0.25, 0.3) is 28.1 Å². The average Bonchev–Trinajstić information content (AvgIpc) is 3.48. The zero-order valence-electron chi connectivity index (χ0n) is 19.0. The highest BCUT2D eigenvalue weighted by Gasteiger charge is 2.24. The zero-order valence-corrected chi connectivity index (χ0v) is 19.0. The number of aryl methyl sites for hydroxylation is 1. The molecule has 1 N–H and O–H groups in total. The Kier molecular flexibility index (Phi) is 6.44. The van der Waals surface area contributed by atoms with E-state index < -0.39 is 0 Å². The van der Waals surface area contributed by atoms with Gasteiger partial charge in [-0.05, 0) is 41.3 Å². The minimum absolute atomic E-state index is 0.301. The summed E-state index contributed by atoms with van der Waals surface area (Å²) in [6, 6.07) is 16.2. The van der Waals surface area contributed by atoms with Gasteiger partial charge >= 0.3 is 5.97 Å². The summed E-state index contributed by atoms with van der Waals surface area (Å²) in [5.74, 6) is 0.989. The van der Waals surface area contributed by atoms with Gasteiger partial charge in [-0.3, -0.25) is 0 Å². The second-order valence-electron chi connectivity index (χ2n) is 7.64. The Bertz CT molecular complexity index is 1270. The Morgan fingerprint density at radius 3 is 2.42 bits per heavy atom. The first-order chi connectivity index (χ1) is 16.0. The van der Waals surface area contributed by atoms with Gasteiger partial charge in [0.1, 0.15) is 5.82 Å². The van der Waals surface area contributed by atoms with Gasteiger partial charge in [0.05, 0.1) is 12.3 Å². The molecule has 0 aliphatic heterocycles. The fourth-order valence-electron chi connectivity index (χ4n) is 3.82. The molecule has 0 fully saturated rings. The number of nitrogens with zero attached hydrogens (tertiary/aromatic N) is 5. The van der Waals surface area contributed by atoms with Gasteiger partial charge in [-0.1, -0.05) is 62.0 Å². The summed E-state index contributed by atoms with van der Waals surface area (Å²) in [6.45, 7) is 10.5. The van der Waals surface area contributed by atoms with Crippen molar-refractivity contribution in [2.45, 2.75) is 33.7 Å². The number of carbonyl (C=O) groups is 1. The normalized spacial score (nSPS) is 10.9. The molecule has 0 amide bonds. The van der Waals surface area contributed by atoms with Crippen molar-refractivity contribution in [3.8, 4) is 22.5 Å². The van der Waals surface area contributed by atoms with Crippen molar-refractivity contribution in [2.75, 3.05) is 6.61 Å². The van der Waals surface area contributed by atoms with E-state index in [2.05, 4.69) is 56.5 Å². The first-order valence-corrected chi connectivity index (χ1v) is 10.9. The molecule has 0 atom stereocenters. The number of aromatic nitrogens is 6. The van der Waals surface area contributed by atoms with Crippen molar-refractivity contribution in [2.24, 2.45) is 0 Å². The van der Waals surface area contributed by atoms with Gasteiger partial charge in [-0.2, -0.15) is 5.21 Å². The number of tetrazole rings is 1. The van der Waals surface area contributed by atoms with E-state index in [0.29, 0.717) is 36.8 Å². The quantitative estimate of drug-likeness (QED) is 0.402. The number of hydrogen-bond acceptors (Lipinski definition) is 6. The number of imidazole rings is 1. The zero-order chi connectivity index (χ0) is 23.4. The minimum Gasteiger partial charge on any atom is -0.461 e. The third-order valence-electron chi connectivity index (χ3n) is 5.35. The van der Waals surface area contributed by atoms with Gasteiger partial charge in [-0.25, -0.2) is 9.78 Å². The third-order valence-corrected chi connectivity index (χ3v) is 5.35. The molecule has 4 aromatic rings. The number of nitrogens with one attached hydrogen (secondary N) is 1. The summed E-state index contributed by atoms with van der Waals surface area (Å²) in [5.41, 5.74) is 5.77. The smallest absolute Gasteiger partial charge is 0.357 e. The lowest BCUT2D eigenvalue weighted by atomic mass is 9.98. The number of rotatable bonds is 8. The Morgan fingerprint density at radius 2 is 1.82 bits per heavy atom. The second kappa shape index (κ2) is 9.60. The number of ether oxygens (including phenoxy) is 1. The van der Waals surface area contributed by atoms with Crippen molar-refractivity contribution < 1.29 is 9.53 Å². The lowest BCUT2D eigenvalue weighted by molar-refractivity contribution is 0.0513. The SMILES string of the molecule is C=C(C)c1nc(CC)n(Cc2ccc(-c3ccccc3-c3nn[nH]n3)cc2)c1C(=O)OCC. The van der Waals surface area contributed by atoms with Crippen LogP contribution in [0.15, 0.2) is 55.1 Å². The molecule has 2 heterocycles. The third kappa shape index (κ3) is 4.45. The summed E-state index contributed by atoms with van der Waals surface area (Å²) >= 11 is 0. The van der Waals surface area contributed by atoms with Crippen LogP contribution in [0.2, 0.25) is 0 Å². The predicted molar refractivity (Wildman–Crippen MR) is 126 cm³/mol. The Hall–Kier alpha value is -4.07. The highest BCUT2D eigenvalue weighted by molar-refractivity contribution is 5.93. The molecule has 2 aromatic heterocycles. The minimum atomic E-state index is -0.381. The standard InChI is InChI=1S/C25H26N6O2/c1-5-21-26-22(16(3)4)23(25(32)33-6-2)31(21)15-17-11-13-18(14-12-17)19-9-7-8-10-20(19)24-27-29-30-28-24/h7-14H,3,5-6,15H2,1-2,4H3,(H,27,28,29,30). The molecule has 0 aliphatic carbocycles. The maximum Gasteiger partial charge on any atom is 0.357 e. The molecule has 0 unspecified atom stereocenters.